The molecule has 2 aromatic heterocycles. The fourth-order valence-corrected chi connectivity index (χ4v) is 3.05. The number of carbonyl (C=O) groups is 1. The van der Waals surface area contributed by atoms with Gasteiger partial charge in [0.25, 0.3) is 5.91 Å². The zero-order valence-electron chi connectivity index (χ0n) is 14.5. The molecule has 0 aliphatic heterocycles. The third kappa shape index (κ3) is 4.63. The van der Waals surface area contributed by atoms with Crippen LogP contribution >= 0.6 is 0 Å². The summed E-state index contributed by atoms with van der Waals surface area (Å²) < 4.78 is 33.2. The molecule has 2 N–H and O–H groups in total. The quantitative estimate of drug-likeness (QED) is 0.634. The smallest absolute Gasteiger partial charge is 0.273 e. The van der Waals surface area contributed by atoms with Gasteiger partial charge >= 0.3 is 0 Å². The normalized spacial score (nSPS) is 12.7. The van der Waals surface area contributed by atoms with E-state index in [4.69, 9.17) is 8.94 Å². The summed E-state index contributed by atoms with van der Waals surface area (Å²) in [6.07, 6.45) is 2.08. The lowest BCUT2D eigenvalue weighted by Gasteiger charge is -2.07. The molecule has 142 valence electrons. The van der Waals surface area contributed by atoms with Gasteiger partial charge in [-0.2, -0.15) is 0 Å². The molecule has 1 amide bonds. The summed E-state index contributed by atoms with van der Waals surface area (Å²) in [7, 11) is -3.28. The Hall–Kier alpha value is -2.91. The minimum atomic E-state index is -3.28. The van der Waals surface area contributed by atoms with E-state index in [1.54, 1.807) is 24.3 Å². The number of amides is 1. The van der Waals surface area contributed by atoms with Crippen molar-refractivity contribution in [1.82, 2.24) is 10.5 Å². The zero-order valence-corrected chi connectivity index (χ0v) is 15.3. The second-order valence-corrected chi connectivity index (χ2v) is 7.96. The highest BCUT2D eigenvalue weighted by Gasteiger charge is 2.16. The number of sulfone groups is 1. The van der Waals surface area contributed by atoms with Crippen molar-refractivity contribution < 1.29 is 27.3 Å². The molecule has 1 unspecified atom stereocenters. The Kier molecular flexibility index (Phi) is 5.43. The van der Waals surface area contributed by atoms with Crippen LogP contribution in [-0.2, 0) is 9.84 Å². The summed E-state index contributed by atoms with van der Waals surface area (Å²) in [5.41, 5.74) is 0.687. The van der Waals surface area contributed by atoms with Crippen molar-refractivity contribution >= 4 is 15.7 Å². The van der Waals surface area contributed by atoms with Crippen LogP contribution in [0.4, 0.5) is 0 Å². The highest BCUT2D eigenvalue weighted by molar-refractivity contribution is 7.90. The SMILES string of the molecule is CS(=O)(=O)c1ccc(-c2cc(C(=O)NCCC(O)c3ccco3)no2)cc1. The number of hydrogen-bond acceptors (Lipinski definition) is 7. The Morgan fingerprint density at radius 1 is 1.26 bits per heavy atom. The van der Waals surface area contributed by atoms with Gasteiger partial charge < -0.3 is 19.4 Å². The molecule has 0 saturated heterocycles. The van der Waals surface area contributed by atoms with Gasteiger partial charge in [-0.3, -0.25) is 4.79 Å². The first kappa shape index (κ1) is 18.9. The topological polar surface area (TPSA) is 123 Å². The maximum Gasteiger partial charge on any atom is 0.273 e. The van der Waals surface area contributed by atoms with Gasteiger partial charge in [-0.1, -0.05) is 5.16 Å². The lowest BCUT2D eigenvalue weighted by molar-refractivity contribution is 0.0927. The van der Waals surface area contributed by atoms with Crippen LogP contribution in [0.5, 0.6) is 0 Å². The van der Waals surface area contributed by atoms with Crippen LogP contribution in [0.15, 0.2) is 62.6 Å². The van der Waals surface area contributed by atoms with E-state index < -0.39 is 21.8 Å². The zero-order chi connectivity index (χ0) is 19.4. The van der Waals surface area contributed by atoms with Gasteiger partial charge in [0.15, 0.2) is 21.3 Å². The number of rotatable bonds is 7. The Labute approximate surface area is 155 Å². The molecule has 3 aromatic rings. The molecule has 0 bridgehead atoms. The van der Waals surface area contributed by atoms with Gasteiger partial charge in [-0.15, -0.1) is 0 Å². The Balaban J connectivity index is 1.59. The highest BCUT2D eigenvalue weighted by Crippen LogP contribution is 2.22. The number of furan rings is 1. The summed E-state index contributed by atoms with van der Waals surface area (Å²) in [5.74, 6) is 0.339. The minimum Gasteiger partial charge on any atom is -0.467 e. The summed E-state index contributed by atoms with van der Waals surface area (Å²) in [5, 5.41) is 16.3. The van der Waals surface area contributed by atoms with E-state index in [1.165, 1.54) is 24.5 Å². The van der Waals surface area contributed by atoms with Gasteiger partial charge in [0.05, 0.1) is 11.2 Å². The van der Waals surface area contributed by atoms with E-state index in [2.05, 4.69) is 10.5 Å². The summed E-state index contributed by atoms with van der Waals surface area (Å²) >= 11 is 0. The summed E-state index contributed by atoms with van der Waals surface area (Å²) in [4.78, 5) is 12.3. The number of hydrogen-bond donors (Lipinski definition) is 2. The van der Waals surface area contributed by atoms with E-state index in [0.29, 0.717) is 17.1 Å². The fourth-order valence-electron chi connectivity index (χ4n) is 2.42. The summed E-state index contributed by atoms with van der Waals surface area (Å²) in [6.45, 7) is 0.228. The van der Waals surface area contributed by atoms with Crippen molar-refractivity contribution in [3.8, 4) is 11.3 Å². The van der Waals surface area contributed by atoms with Crippen LogP contribution in [-0.4, -0.2) is 37.4 Å². The number of benzene rings is 1. The monoisotopic (exact) mass is 390 g/mol. The maximum absolute atomic E-state index is 12.1. The van der Waals surface area contributed by atoms with E-state index in [1.807, 2.05) is 0 Å². The molecule has 9 heteroatoms. The molecule has 0 radical (unpaired) electrons. The lowest BCUT2D eigenvalue weighted by atomic mass is 10.1. The van der Waals surface area contributed by atoms with Gasteiger partial charge in [-0.05, 0) is 42.8 Å². The first-order valence-corrected chi connectivity index (χ1v) is 10.0. The lowest BCUT2D eigenvalue weighted by Crippen LogP contribution is -2.25. The Morgan fingerprint density at radius 2 is 2.00 bits per heavy atom. The van der Waals surface area contributed by atoms with Crippen LogP contribution in [0.2, 0.25) is 0 Å². The molecule has 0 saturated carbocycles. The Bertz CT molecular complexity index is 1010. The van der Waals surface area contributed by atoms with Crippen LogP contribution in [0.1, 0.15) is 28.8 Å². The predicted molar refractivity (Wildman–Crippen MR) is 95.7 cm³/mol. The first-order chi connectivity index (χ1) is 12.8. The molecule has 0 aliphatic rings. The molecular formula is C18H18N2O6S. The average Bonchev–Trinajstić information content (AvgIpc) is 3.33. The standard InChI is InChI=1S/C18H18N2O6S/c1-27(23,24)13-6-4-12(5-7-13)17-11-14(20-26-17)18(22)19-9-8-15(21)16-3-2-10-25-16/h2-7,10-11,15,21H,8-9H2,1H3,(H,19,22). The molecule has 3 rings (SSSR count). The molecule has 0 spiro atoms. The van der Waals surface area contributed by atoms with Gasteiger partial charge in [-0.25, -0.2) is 8.42 Å². The second kappa shape index (κ2) is 7.77. The highest BCUT2D eigenvalue weighted by atomic mass is 32.2. The molecule has 0 fully saturated rings. The fraction of sp³-hybridized carbons (Fsp3) is 0.222. The molecular weight excluding hydrogens is 372 g/mol. The van der Waals surface area contributed by atoms with Crippen molar-refractivity contribution in [2.45, 2.75) is 17.4 Å². The molecule has 0 aliphatic carbocycles. The molecule has 1 aromatic carbocycles. The average molecular weight is 390 g/mol. The van der Waals surface area contributed by atoms with Crippen molar-refractivity contribution in [3.63, 3.8) is 0 Å². The van der Waals surface area contributed by atoms with Crippen molar-refractivity contribution in [3.05, 3.63) is 60.2 Å². The van der Waals surface area contributed by atoms with Crippen molar-refractivity contribution in [2.75, 3.05) is 12.8 Å². The third-order valence-corrected chi connectivity index (χ3v) is 5.01. The Morgan fingerprint density at radius 3 is 2.63 bits per heavy atom. The number of aliphatic hydroxyl groups is 1. The molecule has 8 nitrogen and oxygen atoms in total. The number of aliphatic hydroxyl groups excluding tert-OH is 1. The number of aromatic nitrogens is 1. The third-order valence-electron chi connectivity index (χ3n) is 3.88. The van der Waals surface area contributed by atoms with E-state index in [9.17, 15) is 18.3 Å². The largest absolute Gasteiger partial charge is 0.467 e. The van der Waals surface area contributed by atoms with Gasteiger partial charge in [0.1, 0.15) is 11.9 Å². The predicted octanol–water partition coefficient (Wildman–Crippen LogP) is 2.19. The number of nitrogens with zero attached hydrogens (tertiary/aromatic N) is 1. The van der Waals surface area contributed by atoms with E-state index in [-0.39, 0.29) is 23.6 Å². The minimum absolute atomic E-state index is 0.0877. The molecule has 1 atom stereocenters. The van der Waals surface area contributed by atoms with Crippen LogP contribution in [0.3, 0.4) is 0 Å². The molecule has 2 heterocycles. The first-order valence-electron chi connectivity index (χ1n) is 8.11. The number of nitrogens with one attached hydrogen (secondary N) is 1. The summed E-state index contributed by atoms with van der Waals surface area (Å²) in [6, 6.07) is 10.9. The van der Waals surface area contributed by atoms with E-state index in [0.717, 1.165) is 6.26 Å². The van der Waals surface area contributed by atoms with Crippen molar-refractivity contribution in [1.29, 1.82) is 0 Å². The second-order valence-electron chi connectivity index (χ2n) is 5.95. The van der Waals surface area contributed by atoms with E-state index >= 15 is 0 Å². The van der Waals surface area contributed by atoms with Crippen LogP contribution < -0.4 is 5.32 Å². The van der Waals surface area contributed by atoms with Crippen LogP contribution in [0.25, 0.3) is 11.3 Å². The van der Waals surface area contributed by atoms with Gasteiger partial charge in [0, 0.05) is 24.4 Å². The molecule has 27 heavy (non-hydrogen) atoms. The van der Waals surface area contributed by atoms with Crippen LogP contribution in [0, 0.1) is 0 Å². The van der Waals surface area contributed by atoms with Gasteiger partial charge in [0.2, 0.25) is 0 Å². The maximum atomic E-state index is 12.1. The number of carbonyl (C=O) groups excluding carboxylic acids is 1. The van der Waals surface area contributed by atoms with Crippen molar-refractivity contribution in [2.24, 2.45) is 0 Å².